The molecule has 0 aliphatic carbocycles. The normalized spacial score (nSPS) is 16.5. The predicted molar refractivity (Wildman–Crippen MR) is 62.2 cm³/mol. The SMILES string of the molecule is CCc1cc2n(n1)CC(=O)N(C(C)C)CC2. The minimum atomic E-state index is 0.180. The molecule has 1 aromatic rings. The molecule has 0 N–H and O–H groups in total. The molecule has 0 bridgehead atoms. The second kappa shape index (κ2) is 4.28. The van der Waals surface area contributed by atoms with Gasteiger partial charge in [-0.1, -0.05) is 6.92 Å². The summed E-state index contributed by atoms with van der Waals surface area (Å²) >= 11 is 0. The molecule has 0 unspecified atom stereocenters. The summed E-state index contributed by atoms with van der Waals surface area (Å²) < 4.78 is 1.86. The molecule has 0 saturated carbocycles. The van der Waals surface area contributed by atoms with Gasteiger partial charge in [-0.05, 0) is 26.3 Å². The quantitative estimate of drug-likeness (QED) is 0.753. The number of fused-ring (bicyclic) bond motifs is 1. The summed E-state index contributed by atoms with van der Waals surface area (Å²) in [6.45, 7) is 7.41. The third kappa shape index (κ3) is 1.96. The molecule has 2 rings (SSSR count). The summed E-state index contributed by atoms with van der Waals surface area (Å²) in [5.41, 5.74) is 2.27. The number of carbonyl (C=O) groups is 1. The van der Waals surface area contributed by atoms with Crippen LogP contribution >= 0.6 is 0 Å². The van der Waals surface area contributed by atoms with Crippen molar-refractivity contribution in [1.29, 1.82) is 0 Å². The number of nitrogens with zero attached hydrogens (tertiary/aromatic N) is 3. The number of amides is 1. The second-order valence-electron chi connectivity index (χ2n) is 4.57. The van der Waals surface area contributed by atoms with Crippen molar-refractivity contribution in [2.45, 2.75) is 46.2 Å². The van der Waals surface area contributed by atoms with E-state index in [1.807, 2.05) is 9.58 Å². The van der Waals surface area contributed by atoms with Gasteiger partial charge in [0.1, 0.15) is 6.54 Å². The van der Waals surface area contributed by atoms with E-state index in [4.69, 9.17) is 0 Å². The van der Waals surface area contributed by atoms with Gasteiger partial charge in [-0.2, -0.15) is 5.10 Å². The Morgan fingerprint density at radius 2 is 2.25 bits per heavy atom. The lowest BCUT2D eigenvalue weighted by Crippen LogP contribution is -2.38. The predicted octanol–water partition coefficient (Wildman–Crippen LogP) is 1.24. The zero-order valence-electron chi connectivity index (χ0n) is 10.2. The maximum absolute atomic E-state index is 12.0. The minimum Gasteiger partial charge on any atom is -0.338 e. The third-order valence-corrected chi connectivity index (χ3v) is 3.11. The summed E-state index contributed by atoms with van der Waals surface area (Å²) in [4.78, 5) is 13.9. The summed E-state index contributed by atoms with van der Waals surface area (Å²) in [7, 11) is 0. The standard InChI is InChI=1S/C12H19N3O/c1-4-10-7-11-5-6-14(9(2)3)12(16)8-15(11)13-10/h7,9H,4-6,8H2,1-3H3. The number of aromatic nitrogens is 2. The van der Waals surface area contributed by atoms with E-state index in [0.29, 0.717) is 6.54 Å². The molecule has 0 saturated heterocycles. The van der Waals surface area contributed by atoms with Gasteiger partial charge in [-0.15, -0.1) is 0 Å². The Labute approximate surface area is 96.2 Å². The van der Waals surface area contributed by atoms with Crippen LogP contribution in [0.5, 0.6) is 0 Å². The van der Waals surface area contributed by atoms with Gasteiger partial charge >= 0.3 is 0 Å². The Balaban J connectivity index is 2.22. The van der Waals surface area contributed by atoms with Gasteiger partial charge in [0.2, 0.25) is 5.91 Å². The third-order valence-electron chi connectivity index (χ3n) is 3.11. The highest BCUT2D eigenvalue weighted by Gasteiger charge is 2.23. The van der Waals surface area contributed by atoms with Gasteiger partial charge in [0.15, 0.2) is 0 Å². The van der Waals surface area contributed by atoms with Gasteiger partial charge < -0.3 is 4.90 Å². The van der Waals surface area contributed by atoms with Crippen LogP contribution in [0.4, 0.5) is 0 Å². The molecule has 1 aliphatic heterocycles. The summed E-state index contributed by atoms with van der Waals surface area (Å²) in [5.74, 6) is 0.180. The monoisotopic (exact) mass is 221 g/mol. The molecule has 0 spiro atoms. The van der Waals surface area contributed by atoms with Gasteiger partial charge in [-0.3, -0.25) is 9.48 Å². The molecular formula is C12H19N3O. The van der Waals surface area contributed by atoms with Crippen LogP contribution in [0, 0.1) is 0 Å². The summed E-state index contributed by atoms with van der Waals surface area (Å²) in [6.07, 6.45) is 1.85. The van der Waals surface area contributed by atoms with E-state index >= 15 is 0 Å². The Morgan fingerprint density at radius 3 is 2.88 bits per heavy atom. The molecule has 2 heterocycles. The summed E-state index contributed by atoms with van der Waals surface area (Å²) in [5, 5.41) is 4.44. The van der Waals surface area contributed by atoms with Gasteiger partial charge in [0.05, 0.1) is 5.69 Å². The minimum absolute atomic E-state index is 0.180. The maximum atomic E-state index is 12.0. The lowest BCUT2D eigenvalue weighted by Gasteiger charge is -2.24. The fourth-order valence-electron chi connectivity index (χ4n) is 2.15. The first-order valence-corrected chi connectivity index (χ1v) is 5.97. The fourth-order valence-corrected chi connectivity index (χ4v) is 2.15. The van der Waals surface area contributed by atoms with Crippen LogP contribution in [0.25, 0.3) is 0 Å². The molecule has 1 aliphatic rings. The van der Waals surface area contributed by atoms with Crippen LogP contribution in [0.2, 0.25) is 0 Å². The van der Waals surface area contributed by atoms with E-state index in [1.54, 1.807) is 0 Å². The lowest BCUT2D eigenvalue weighted by atomic mass is 10.2. The van der Waals surface area contributed by atoms with Gasteiger partial charge in [0.25, 0.3) is 0 Å². The van der Waals surface area contributed by atoms with E-state index in [1.165, 1.54) is 5.69 Å². The molecule has 0 aromatic carbocycles. The van der Waals surface area contributed by atoms with Crippen LogP contribution in [-0.4, -0.2) is 33.2 Å². The Morgan fingerprint density at radius 1 is 1.50 bits per heavy atom. The van der Waals surface area contributed by atoms with Crippen LogP contribution in [0.1, 0.15) is 32.2 Å². The number of hydrogen-bond donors (Lipinski definition) is 0. The van der Waals surface area contributed by atoms with Crippen molar-refractivity contribution in [2.75, 3.05) is 6.54 Å². The highest BCUT2D eigenvalue weighted by atomic mass is 16.2. The lowest BCUT2D eigenvalue weighted by molar-refractivity contribution is -0.133. The van der Waals surface area contributed by atoms with Crippen molar-refractivity contribution in [3.63, 3.8) is 0 Å². The van der Waals surface area contributed by atoms with Crippen molar-refractivity contribution in [1.82, 2.24) is 14.7 Å². The van der Waals surface area contributed by atoms with Crippen LogP contribution in [-0.2, 0) is 24.2 Å². The van der Waals surface area contributed by atoms with Crippen molar-refractivity contribution in [3.8, 4) is 0 Å². The van der Waals surface area contributed by atoms with Gasteiger partial charge in [0, 0.05) is 24.7 Å². The molecule has 0 fully saturated rings. The Kier molecular flexibility index (Phi) is 2.99. The van der Waals surface area contributed by atoms with Gasteiger partial charge in [-0.25, -0.2) is 0 Å². The first kappa shape index (κ1) is 11.2. The Hall–Kier alpha value is -1.32. The topological polar surface area (TPSA) is 38.1 Å². The number of rotatable bonds is 2. The first-order valence-electron chi connectivity index (χ1n) is 5.97. The van der Waals surface area contributed by atoms with Crippen LogP contribution in [0.3, 0.4) is 0 Å². The van der Waals surface area contributed by atoms with Crippen molar-refractivity contribution in [3.05, 3.63) is 17.5 Å². The average Bonchev–Trinajstić information content (AvgIpc) is 2.54. The van der Waals surface area contributed by atoms with E-state index in [-0.39, 0.29) is 11.9 Å². The zero-order valence-corrected chi connectivity index (χ0v) is 10.2. The largest absolute Gasteiger partial charge is 0.338 e. The zero-order chi connectivity index (χ0) is 11.7. The molecule has 16 heavy (non-hydrogen) atoms. The molecule has 4 heteroatoms. The van der Waals surface area contributed by atoms with E-state index < -0.39 is 0 Å². The molecule has 4 nitrogen and oxygen atoms in total. The number of hydrogen-bond acceptors (Lipinski definition) is 2. The number of carbonyl (C=O) groups excluding carboxylic acids is 1. The van der Waals surface area contributed by atoms with Crippen LogP contribution in [0.15, 0.2) is 6.07 Å². The maximum Gasteiger partial charge on any atom is 0.244 e. The highest BCUT2D eigenvalue weighted by molar-refractivity contribution is 5.76. The molecule has 88 valence electrons. The fraction of sp³-hybridized carbons (Fsp3) is 0.667. The van der Waals surface area contributed by atoms with Crippen molar-refractivity contribution >= 4 is 5.91 Å². The molecular weight excluding hydrogens is 202 g/mol. The second-order valence-corrected chi connectivity index (χ2v) is 4.57. The molecule has 0 radical (unpaired) electrons. The molecule has 1 amide bonds. The number of aryl methyl sites for hydroxylation is 1. The first-order chi connectivity index (χ1) is 7.61. The molecule has 1 aromatic heterocycles. The van der Waals surface area contributed by atoms with E-state index in [9.17, 15) is 4.79 Å². The van der Waals surface area contributed by atoms with E-state index in [2.05, 4.69) is 31.9 Å². The van der Waals surface area contributed by atoms with E-state index in [0.717, 1.165) is 25.1 Å². The van der Waals surface area contributed by atoms with Crippen molar-refractivity contribution in [2.24, 2.45) is 0 Å². The highest BCUT2D eigenvalue weighted by Crippen LogP contribution is 2.13. The summed E-state index contributed by atoms with van der Waals surface area (Å²) in [6, 6.07) is 2.40. The smallest absolute Gasteiger partial charge is 0.244 e. The molecule has 0 atom stereocenters. The van der Waals surface area contributed by atoms with Crippen molar-refractivity contribution < 1.29 is 4.79 Å². The van der Waals surface area contributed by atoms with Crippen LogP contribution < -0.4 is 0 Å². The Bertz CT molecular complexity index is 395. The average molecular weight is 221 g/mol.